The van der Waals surface area contributed by atoms with Gasteiger partial charge in [0.05, 0.1) is 6.04 Å². The van der Waals surface area contributed by atoms with Gasteiger partial charge in [-0.3, -0.25) is 14.6 Å². The van der Waals surface area contributed by atoms with E-state index in [0.717, 1.165) is 35.1 Å². The molecule has 1 unspecified atom stereocenters. The molecule has 29 heavy (non-hydrogen) atoms. The lowest BCUT2D eigenvalue weighted by molar-refractivity contribution is -0.129. The largest absolute Gasteiger partial charge is 0.508 e. The van der Waals surface area contributed by atoms with E-state index in [1.165, 1.54) is 0 Å². The van der Waals surface area contributed by atoms with Crippen LogP contribution in [-0.2, 0) is 22.4 Å². The van der Waals surface area contributed by atoms with Gasteiger partial charge in [0.15, 0.2) is 0 Å². The molecule has 1 aromatic heterocycles. The van der Waals surface area contributed by atoms with Gasteiger partial charge in [0.1, 0.15) is 11.8 Å². The number of phenols is 1. The van der Waals surface area contributed by atoms with Crippen LogP contribution in [-0.4, -0.2) is 40.5 Å². The van der Waals surface area contributed by atoms with Crippen molar-refractivity contribution >= 4 is 11.8 Å². The van der Waals surface area contributed by atoms with Crippen LogP contribution in [0.2, 0.25) is 0 Å². The molecular weight excluding hydrogens is 368 g/mol. The normalized spacial score (nSPS) is 12.8. The Kier molecular flexibility index (Phi) is 8.15. The van der Waals surface area contributed by atoms with Gasteiger partial charge in [0.2, 0.25) is 11.8 Å². The molecule has 2 amide bonds. The zero-order valence-electron chi connectivity index (χ0n) is 17.2. The zero-order valence-corrected chi connectivity index (χ0v) is 17.2. The summed E-state index contributed by atoms with van der Waals surface area (Å²) in [7, 11) is 0. The summed E-state index contributed by atoms with van der Waals surface area (Å²) >= 11 is 0. The molecule has 5 N–H and O–H groups in total. The lowest BCUT2D eigenvalue weighted by atomic mass is 9.96. The topological polar surface area (TPSA) is 117 Å². The van der Waals surface area contributed by atoms with Crippen LogP contribution < -0.4 is 16.4 Å². The minimum atomic E-state index is -0.780. The number of nitrogens with zero attached hydrogens (tertiary/aromatic N) is 1. The van der Waals surface area contributed by atoms with E-state index in [2.05, 4.69) is 15.6 Å². The van der Waals surface area contributed by atoms with E-state index in [9.17, 15) is 14.7 Å². The number of rotatable bonds is 9. The van der Waals surface area contributed by atoms with E-state index in [0.29, 0.717) is 13.0 Å². The maximum atomic E-state index is 12.4. The van der Waals surface area contributed by atoms with Crippen molar-refractivity contribution in [2.75, 3.05) is 6.54 Å². The molecule has 0 aliphatic rings. The lowest BCUT2D eigenvalue weighted by Crippen LogP contribution is -2.51. The van der Waals surface area contributed by atoms with E-state index < -0.39 is 12.1 Å². The van der Waals surface area contributed by atoms with Crippen LogP contribution in [0.5, 0.6) is 5.75 Å². The first-order valence-corrected chi connectivity index (χ1v) is 9.79. The Morgan fingerprint density at radius 3 is 2.52 bits per heavy atom. The molecule has 7 nitrogen and oxygen atoms in total. The Labute approximate surface area is 171 Å². The van der Waals surface area contributed by atoms with Crippen molar-refractivity contribution in [3.8, 4) is 5.75 Å². The first-order chi connectivity index (χ1) is 13.8. The number of pyridine rings is 1. The maximum Gasteiger partial charge on any atom is 0.242 e. The minimum absolute atomic E-state index is 0.190. The summed E-state index contributed by atoms with van der Waals surface area (Å²) in [6, 6.07) is 5.72. The molecule has 0 aliphatic carbocycles. The molecule has 2 rings (SSSR count). The number of aryl methyl sites for hydroxylation is 3. The fraction of sp³-hybridized carbons (Fsp3) is 0.409. The number of carbonyl (C=O) groups is 2. The van der Waals surface area contributed by atoms with Crippen LogP contribution in [0.3, 0.4) is 0 Å². The number of benzene rings is 1. The first kappa shape index (κ1) is 22.4. The average Bonchev–Trinajstić information content (AvgIpc) is 2.68. The number of hydrogen-bond donors (Lipinski definition) is 4. The molecule has 0 bridgehead atoms. The van der Waals surface area contributed by atoms with Crippen LogP contribution in [0.15, 0.2) is 36.7 Å². The molecule has 0 aliphatic heterocycles. The van der Waals surface area contributed by atoms with E-state index in [4.69, 9.17) is 5.73 Å². The molecule has 7 heteroatoms. The van der Waals surface area contributed by atoms with Crippen molar-refractivity contribution in [1.29, 1.82) is 0 Å². The number of carbonyl (C=O) groups excluding carboxylic acids is 2. The molecule has 1 heterocycles. The second kappa shape index (κ2) is 10.6. The van der Waals surface area contributed by atoms with Crippen molar-refractivity contribution in [3.05, 3.63) is 58.9 Å². The molecule has 0 fully saturated rings. The standard InChI is InChI=1S/C22H30N4O3/c1-14-10-18(27)11-15(2)19(14)12-20(23)22(29)26-16(3)21(28)25-9-5-7-17-6-4-8-24-13-17/h4,6,8,10-11,13,16,20,27H,5,7,9,12,23H2,1-3H3,(H,25,28)(H,26,29)/t16-,20?/m1/s1. The van der Waals surface area contributed by atoms with Gasteiger partial charge in [-0.05, 0) is 80.5 Å². The van der Waals surface area contributed by atoms with Crippen LogP contribution in [0.25, 0.3) is 0 Å². The lowest BCUT2D eigenvalue weighted by Gasteiger charge is -2.19. The third-order valence-corrected chi connectivity index (χ3v) is 4.86. The number of nitrogens with one attached hydrogen (secondary N) is 2. The third kappa shape index (κ3) is 6.87. The Hall–Kier alpha value is -2.93. The fourth-order valence-electron chi connectivity index (χ4n) is 3.19. The molecule has 0 spiro atoms. The predicted octanol–water partition coefficient (Wildman–Crippen LogP) is 1.53. The Morgan fingerprint density at radius 1 is 1.21 bits per heavy atom. The highest BCUT2D eigenvalue weighted by atomic mass is 16.3. The van der Waals surface area contributed by atoms with Gasteiger partial charge in [-0.15, -0.1) is 0 Å². The number of phenolic OH excluding ortho intramolecular Hbond substituents is 1. The Balaban J connectivity index is 1.77. The van der Waals surface area contributed by atoms with Crippen LogP contribution >= 0.6 is 0 Å². The van der Waals surface area contributed by atoms with Crippen molar-refractivity contribution < 1.29 is 14.7 Å². The van der Waals surface area contributed by atoms with Crippen molar-refractivity contribution in [2.24, 2.45) is 5.73 Å². The van der Waals surface area contributed by atoms with E-state index in [-0.39, 0.29) is 17.6 Å². The molecule has 156 valence electrons. The Morgan fingerprint density at radius 2 is 1.90 bits per heavy atom. The average molecular weight is 399 g/mol. The van der Waals surface area contributed by atoms with E-state index in [1.807, 2.05) is 32.2 Å². The quantitative estimate of drug-likeness (QED) is 0.478. The van der Waals surface area contributed by atoms with E-state index >= 15 is 0 Å². The first-order valence-electron chi connectivity index (χ1n) is 9.79. The fourth-order valence-corrected chi connectivity index (χ4v) is 3.19. The highest BCUT2D eigenvalue weighted by Crippen LogP contribution is 2.21. The second-order valence-electron chi connectivity index (χ2n) is 7.35. The number of nitrogens with two attached hydrogens (primary N) is 1. The monoisotopic (exact) mass is 398 g/mol. The van der Waals surface area contributed by atoms with Gasteiger partial charge < -0.3 is 21.5 Å². The maximum absolute atomic E-state index is 12.4. The number of amides is 2. The molecule has 0 saturated heterocycles. The highest BCUT2D eigenvalue weighted by molar-refractivity contribution is 5.89. The highest BCUT2D eigenvalue weighted by Gasteiger charge is 2.21. The minimum Gasteiger partial charge on any atom is -0.508 e. The van der Waals surface area contributed by atoms with Gasteiger partial charge >= 0.3 is 0 Å². The summed E-state index contributed by atoms with van der Waals surface area (Å²) in [6.45, 7) is 5.90. The van der Waals surface area contributed by atoms with Crippen LogP contribution in [0.4, 0.5) is 0 Å². The summed E-state index contributed by atoms with van der Waals surface area (Å²) < 4.78 is 0. The number of hydrogen-bond acceptors (Lipinski definition) is 5. The molecule has 1 aromatic carbocycles. The molecule has 2 atom stereocenters. The van der Waals surface area contributed by atoms with E-state index in [1.54, 1.807) is 25.3 Å². The number of aromatic nitrogens is 1. The summed E-state index contributed by atoms with van der Waals surface area (Å²) in [5.74, 6) is -0.431. The summed E-state index contributed by atoms with van der Waals surface area (Å²) in [5, 5.41) is 15.1. The molecular formula is C22H30N4O3. The molecule has 2 aromatic rings. The number of aromatic hydroxyl groups is 1. The van der Waals surface area contributed by atoms with Gasteiger partial charge in [-0.1, -0.05) is 6.07 Å². The van der Waals surface area contributed by atoms with Crippen molar-refractivity contribution in [2.45, 2.75) is 52.1 Å². The van der Waals surface area contributed by atoms with Gasteiger partial charge in [0, 0.05) is 18.9 Å². The zero-order chi connectivity index (χ0) is 21.4. The van der Waals surface area contributed by atoms with Crippen molar-refractivity contribution in [3.63, 3.8) is 0 Å². The third-order valence-electron chi connectivity index (χ3n) is 4.86. The van der Waals surface area contributed by atoms with Gasteiger partial charge in [0.25, 0.3) is 0 Å². The summed E-state index contributed by atoms with van der Waals surface area (Å²) in [5.41, 5.74) is 9.85. The smallest absolute Gasteiger partial charge is 0.242 e. The Bertz CT molecular complexity index is 816. The van der Waals surface area contributed by atoms with Crippen molar-refractivity contribution in [1.82, 2.24) is 15.6 Å². The SMILES string of the molecule is Cc1cc(O)cc(C)c1CC(N)C(=O)N[C@H](C)C(=O)NCCCc1cccnc1. The molecule has 0 saturated carbocycles. The second-order valence-corrected chi connectivity index (χ2v) is 7.35. The van der Waals surface area contributed by atoms with Crippen LogP contribution in [0, 0.1) is 13.8 Å². The molecule has 0 radical (unpaired) electrons. The predicted molar refractivity (Wildman–Crippen MR) is 112 cm³/mol. The van der Waals surface area contributed by atoms with Gasteiger partial charge in [-0.25, -0.2) is 0 Å². The summed E-state index contributed by atoms with van der Waals surface area (Å²) in [6.07, 6.45) is 5.49. The van der Waals surface area contributed by atoms with Crippen LogP contribution in [0.1, 0.15) is 35.6 Å². The van der Waals surface area contributed by atoms with Gasteiger partial charge in [-0.2, -0.15) is 0 Å². The summed E-state index contributed by atoms with van der Waals surface area (Å²) in [4.78, 5) is 28.7.